The summed E-state index contributed by atoms with van der Waals surface area (Å²) in [5.74, 6) is -1.33. The maximum Gasteiger partial charge on any atom is 0.309 e. The second kappa shape index (κ2) is 7.72. The number of ether oxygens (including phenoxy) is 1. The molecule has 2 atom stereocenters. The molecule has 0 saturated carbocycles. The lowest BCUT2D eigenvalue weighted by atomic mass is 9.96. The summed E-state index contributed by atoms with van der Waals surface area (Å²) in [7, 11) is 0. The Labute approximate surface area is 117 Å². The predicted octanol–water partition coefficient (Wildman–Crippen LogP) is 0.563. The number of aliphatic hydroxyl groups is 2. The fourth-order valence-electron chi connectivity index (χ4n) is 1.77. The van der Waals surface area contributed by atoms with Crippen molar-refractivity contribution in [3.63, 3.8) is 0 Å². The van der Waals surface area contributed by atoms with Crippen LogP contribution in [0.3, 0.4) is 0 Å². The standard InChI is InChI=1S/C14H20O6/c1-9(16)8-20-14(19)11(4-5-15)6-10-2-3-12(17)7-13(10)18/h2-3,7,9,11,15-18H,4-6,8H2,1H3. The highest BCUT2D eigenvalue weighted by molar-refractivity contribution is 5.73. The third-order valence-electron chi connectivity index (χ3n) is 2.81. The SMILES string of the molecule is CC(O)COC(=O)C(CCO)Cc1ccc(O)cc1O. The first-order chi connectivity index (χ1) is 9.43. The van der Waals surface area contributed by atoms with E-state index in [1.165, 1.54) is 25.1 Å². The summed E-state index contributed by atoms with van der Waals surface area (Å²) in [5, 5.41) is 37.0. The molecule has 0 aliphatic rings. The number of benzene rings is 1. The molecule has 6 nitrogen and oxygen atoms in total. The minimum absolute atomic E-state index is 0.0679. The maximum absolute atomic E-state index is 11.8. The van der Waals surface area contributed by atoms with Gasteiger partial charge in [0, 0.05) is 12.7 Å². The Bertz CT molecular complexity index is 443. The highest BCUT2D eigenvalue weighted by Crippen LogP contribution is 2.26. The van der Waals surface area contributed by atoms with Crippen molar-refractivity contribution >= 4 is 5.97 Å². The molecular weight excluding hydrogens is 264 g/mol. The lowest BCUT2D eigenvalue weighted by Gasteiger charge is -2.16. The molecule has 6 heteroatoms. The van der Waals surface area contributed by atoms with Gasteiger partial charge >= 0.3 is 5.97 Å². The molecule has 0 bridgehead atoms. The molecule has 1 aromatic carbocycles. The Morgan fingerprint density at radius 2 is 2.05 bits per heavy atom. The molecule has 112 valence electrons. The fourth-order valence-corrected chi connectivity index (χ4v) is 1.77. The zero-order chi connectivity index (χ0) is 15.1. The van der Waals surface area contributed by atoms with Crippen molar-refractivity contribution < 1.29 is 30.0 Å². The molecule has 0 aromatic heterocycles. The van der Waals surface area contributed by atoms with Gasteiger partial charge in [-0.05, 0) is 31.4 Å². The number of phenolic OH excluding ortho intramolecular Hbond substituents is 2. The first-order valence-corrected chi connectivity index (χ1v) is 6.40. The van der Waals surface area contributed by atoms with Crippen molar-refractivity contribution in [1.29, 1.82) is 0 Å². The number of hydrogen-bond acceptors (Lipinski definition) is 6. The average Bonchev–Trinajstić information content (AvgIpc) is 2.38. The van der Waals surface area contributed by atoms with Gasteiger partial charge in [-0.15, -0.1) is 0 Å². The van der Waals surface area contributed by atoms with Gasteiger partial charge in [0.1, 0.15) is 18.1 Å². The molecule has 0 spiro atoms. The first-order valence-electron chi connectivity index (χ1n) is 6.40. The van der Waals surface area contributed by atoms with E-state index >= 15 is 0 Å². The van der Waals surface area contributed by atoms with Crippen LogP contribution in [0, 0.1) is 5.92 Å². The van der Waals surface area contributed by atoms with Crippen LogP contribution in [-0.2, 0) is 16.0 Å². The second-order valence-electron chi connectivity index (χ2n) is 4.71. The highest BCUT2D eigenvalue weighted by atomic mass is 16.5. The number of carbonyl (C=O) groups is 1. The minimum Gasteiger partial charge on any atom is -0.508 e. The Morgan fingerprint density at radius 1 is 1.35 bits per heavy atom. The molecular formula is C14H20O6. The van der Waals surface area contributed by atoms with Crippen LogP contribution in [0.25, 0.3) is 0 Å². The number of carbonyl (C=O) groups excluding carboxylic acids is 1. The van der Waals surface area contributed by atoms with Crippen LogP contribution in [0.15, 0.2) is 18.2 Å². The number of hydrogen-bond donors (Lipinski definition) is 4. The number of esters is 1. The van der Waals surface area contributed by atoms with E-state index in [0.717, 1.165) is 0 Å². The van der Waals surface area contributed by atoms with Gasteiger partial charge in [0.2, 0.25) is 0 Å². The zero-order valence-electron chi connectivity index (χ0n) is 11.3. The summed E-state index contributed by atoms with van der Waals surface area (Å²) in [5.41, 5.74) is 0.482. The van der Waals surface area contributed by atoms with Gasteiger partial charge in [0.25, 0.3) is 0 Å². The Morgan fingerprint density at radius 3 is 2.60 bits per heavy atom. The smallest absolute Gasteiger partial charge is 0.309 e. The van der Waals surface area contributed by atoms with E-state index in [1.807, 2.05) is 0 Å². The summed E-state index contributed by atoms with van der Waals surface area (Å²) < 4.78 is 4.92. The second-order valence-corrected chi connectivity index (χ2v) is 4.71. The van der Waals surface area contributed by atoms with Crippen molar-refractivity contribution in [2.45, 2.75) is 25.9 Å². The van der Waals surface area contributed by atoms with E-state index in [0.29, 0.717) is 5.56 Å². The van der Waals surface area contributed by atoms with Crippen LogP contribution < -0.4 is 0 Å². The van der Waals surface area contributed by atoms with E-state index in [-0.39, 0.29) is 37.6 Å². The van der Waals surface area contributed by atoms with E-state index in [9.17, 15) is 15.0 Å². The van der Waals surface area contributed by atoms with Gasteiger partial charge in [-0.2, -0.15) is 0 Å². The van der Waals surface area contributed by atoms with E-state index in [2.05, 4.69) is 0 Å². The molecule has 20 heavy (non-hydrogen) atoms. The van der Waals surface area contributed by atoms with E-state index < -0.39 is 18.0 Å². The summed E-state index contributed by atoms with van der Waals surface area (Å²) in [6.07, 6.45) is -0.375. The van der Waals surface area contributed by atoms with Crippen LogP contribution in [0.2, 0.25) is 0 Å². The van der Waals surface area contributed by atoms with E-state index in [1.54, 1.807) is 0 Å². The first kappa shape index (κ1) is 16.3. The Kier molecular flexibility index (Phi) is 6.27. The van der Waals surface area contributed by atoms with Crippen molar-refractivity contribution in [2.24, 2.45) is 5.92 Å². The van der Waals surface area contributed by atoms with Gasteiger partial charge < -0.3 is 25.2 Å². The Hall–Kier alpha value is -1.79. The molecule has 0 radical (unpaired) electrons. The van der Waals surface area contributed by atoms with Crippen LogP contribution in [0.5, 0.6) is 11.5 Å². The molecule has 2 unspecified atom stereocenters. The summed E-state index contributed by atoms with van der Waals surface area (Å²) in [4.78, 5) is 11.8. The summed E-state index contributed by atoms with van der Waals surface area (Å²) >= 11 is 0. The van der Waals surface area contributed by atoms with Crippen LogP contribution in [0.4, 0.5) is 0 Å². The minimum atomic E-state index is -0.754. The summed E-state index contributed by atoms with van der Waals surface area (Å²) in [6.45, 7) is 1.20. The van der Waals surface area contributed by atoms with Gasteiger partial charge in [0.05, 0.1) is 12.0 Å². The van der Waals surface area contributed by atoms with Gasteiger partial charge in [-0.25, -0.2) is 0 Å². The summed E-state index contributed by atoms with van der Waals surface area (Å²) in [6, 6.07) is 4.11. The molecule has 0 aliphatic carbocycles. The molecule has 0 amide bonds. The molecule has 4 N–H and O–H groups in total. The van der Waals surface area contributed by atoms with Crippen LogP contribution in [-0.4, -0.2) is 45.7 Å². The monoisotopic (exact) mass is 284 g/mol. The Balaban J connectivity index is 2.73. The predicted molar refractivity (Wildman–Crippen MR) is 71.3 cm³/mol. The third-order valence-corrected chi connectivity index (χ3v) is 2.81. The molecule has 0 aliphatic heterocycles. The largest absolute Gasteiger partial charge is 0.508 e. The quantitative estimate of drug-likeness (QED) is 0.545. The maximum atomic E-state index is 11.8. The fraction of sp³-hybridized carbons (Fsp3) is 0.500. The highest BCUT2D eigenvalue weighted by Gasteiger charge is 2.22. The van der Waals surface area contributed by atoms with Gasteiger partial charge in [-0.1, -0.05) is 6.07 Å². The molecule has 0 saturated heterocycles. The van der Waals surface area contributed by atoms with Crippen molar-refractivity contribution in [3.05, 3.63) is 23.8 Å². The zero-order valence-corrected chi connectivity index (χ0v) is 11.3. The van der Waals surface area contributed by atoms with E-state index in [4.69, 9.17) is 14.9 Å². The van der Waals surface area contributed by atoms with Crippen molar-refractivity contribution in [2.75, 3.05) is 13.2 Å². The van der Waals surface area contributed by atoms with Crippen LogP contribution in [0.1, 0.15) is 18.9 Å². The number of phenols is 2. The topological polar surface area (TPSA) is 107 Å². The van der Waals surface area contributed by atoms with Gasteiger partial charge in [0.15, 0.2) is 0 Å². The number of aromatic hydroxyl groups is 2. The average molecular weight is 284 g/mol. The lowest BCUT2D eigenvalue weighted by molar-refractivity contribution is -0.151. The van der Waals surface area contributed by atoms with Crippen molar-refractivity contribution in [3.8, 4) is 11.5 Å². The molecule has 1 aromatic rings. The van der Waals surface area contributed by atoms with Crippen LogP contribution >= 0.6 is 0 Å². The van der Waals surface area contributed by atoms with Gasteiger partial charge in [-0.3, -0.25) is 4.79 Å². The molecule has 0 heterocycles. The normalized spacial score (nSPS) is 13.8. The number of rotatable bonds is 7. The number of aliphatic hydroxyl groups excluding tert-OH is 2. The molecule has 1 rings (SSSR count). The molecule has 0 fully saturated rings. The lowest BCUT2D eigenvalue weighted by Crippen LogP contribution is -2.24. The van der Waals surface area contributed by atoms with Crippen molar-refractivity contribution in [1.82, 2.24) is 0 Å². The third kappa shape index (κ3) is 5.07.